The lowest BCUT2D eigenvalue weighted by atomic mass is 10.1. The van der Waals surface area contributed by atoms with Crippen LogP contribution in [0, 0.1) is 6.92 Å². The highest BCUT2D eigenvalue weighted by molar-refractivity contribution is 6.05. The first-order chi connectivity index (χ1) is 15.4. The molecule has 0 radical (unpaired) electrons. The Kier molecular flexibility index (Phi) is 8.01. The van der Waals surface area contributed by atoms with Gasteiger partial charge in [0.15, 0.2) is 0 Å². The van der Waals surface area contributed by atoms with Crippen LogP contribution in [-0.4, -0.2) is 17.0 Å². The average molecular weight is 433 g/mol. The first-order valence-electron chi connectivity index (χ1n) is 11.2. The minimum atomic E-state index is -0.206. The molecule has 1 unspecified atom stereocenters. The Labute approximate surface area is 190 Å². The minimum Gasteiger partial charge on any atom is -0.457 e. The molecule has 0 bridgehead atoms. The fourth-order valence-corrected chi connectivity index (χ4v) is 3.57. The Morgan fingerprint density at radius 2 is 1.81 bits per heavy atom. The topological polar surface area (TPSA) is 60.5 Å². The third-order valence-corrected chi connectivity index (χ3v) is 5.06. The molecule has 1 atom stereocenters. The van der Waals surface area contributed by atoms with Crippen molar-refractivity contribution in [3.8, 4) is 11.5 Å². The predicted octanol–water partition coefficient (Wildman–Crippen LogP) is 6.87. The van der Waals surface area contributed by atoms with Crippen molar-refractivity contribution in [3.63, 3.8) is 0 Å². The monoisotopic (exact) mass is 432 g/mol. The van der Waals surface area contributed by atoms with Gasteiger partial charge in [0.1, 0.15) is 11.5 Å². The van der Waals surface area contributed by atoms with Gasteiger partial charge in [0.05, 0.1) is 29.2 Å². The summed E-state index contributed by atoms with van der Waals surface area (Å²) in [6.45, 7) is 9.93. The van der Waals surface area contributed by atoms with E-state index in [9.17, 15) is 4.79 Å². The number of para-hydroxylation sites is 1. The Balaban J connectivity index is 1.72. The van der Waals surface area contributed by atoms with Gasteiger partial charge in [-0.05, 0) is 70.0 Å². The first kappa shape index (κ1) is 23.5. The van der Waals surface area contributed by atoms with Crippen LogP contribution in [0.5, 0.6) is 11.5 Å². The minimum absolute atomic E-state index is 0.110. The molecule has 3 aromatic rings. The van der Waals surface area contributed by atoms with Gasteiger partial charge in [-0.15, -0.1) is 0 Å². The number of hydrogen-bond acceptors (Lipinski definition) is 4. The second-order valence-electron chi connectivity index (χ2n) is 8.14. The molecule has 5 heteroatoms. The molecule has 2 aromatic carbocycles. The van der Waals surface area contributed by atoms with Gasteiger partial charge in [0, 0.05) is 11.8 Å². The molecule has 32 heavy (non-hydrogen) atoms. The summed E-state index contributed by atoms with van der Waals surface area (Å²) in [5, 5.41) is 2.96. The van der Waals surface area contributed by atoms with Crippen molar-refractivity contribution in [1.29, 1.82) is 0 Å². The van der Waals surface area contributed by atoms with E-state index in [0.717, 1.165) is 24.3 Å². The summed E-state index contributed by atoms with van der Waals surface area (Å²) in [4.78, 5) is 17.5. The standard InChI is InChI=1S/C27H32N2O3/c1-6-10-21-11-7-8-14-26(21)32-23-13-9-12-22(17-23)29-27(30)24-15-16-25(28-19(24)4)20(5)31-18(2)3/h7-9,11-18,20H,6,10H2,1-5H3,(H,29,30). The molecule has 0 fully saturated rings. The lowest BCUT2D eigenvalue weighted by Gasteiger charge is -2.17. The smallest absolute Gasteiger partial charge is 0.257 e. The second-order valence-corrected chi connectivity index (χ2v) is 8.14. The third kappa shape index (κ3) is 6.17. The van der Waals surface area contributed by atoms with Crippen LogP contribution in [-0.2, 0) is 11.2 Å². The molecule has 168 valence electrons. The molecule has 0 saturated heterocycles. The van der Waals surface area contributed by atoms with Crippen molar-refractivity contribution in [2.75, 3.05) is 5.32 Å². The van der Waals surface area contributed by atoms with Crippen molar-refractivity contribution in [2.24, 2.45) is 0 Å². The number of amides is 1. The van der Waals surface area contributed by atoms with Crippen LogP contribution in [0.4, 0.5) is 5.69 Å². The highest BCUT2D eigenvalue weighted by atomic mass is 16.5. The summed E-state index contributed by atoms with van der Waals surface area (Å²) in [6, 6.07) is 19.1. The summed E-state index contributed by atoms with van der Waals surface area (Å²) in [7, 11) is 0. The van der Waals surface area contributed by atoms with Gasteiger partial charge in [0.2, 0.25) is 0 Å². The van der Waals surface area contributed by atoms with Crippen LogP contribution in [0.15, 0.2) is 60.7 Å². The maximum atomic E-state index is 12.9. The molecule has 0 saturated carbocycles. The molecular formula is C27H32N2O3. The number of benzene rings is 2. The van der Waals surface area contributed by atoms with E-state index in [0.29, 0.717) is 22.7 Å². The lowest BCUT2D eigenvalue weighted by molar-refractivity contribution is 0.0154. The molecule has 1 N–H and O–H groups in total. The fourth-order valence-electron chi connectivity index (χ4n) is 3.57. The SMILES string of the molecule is CCCc1ccccc1Oc1cccc(NC(=O)c2ccc(C(C)OC(C)C)nc2C)c1. The van der Waals surface area contributed by atoms with E-state index in [2.05, 4.69) is 23.3 Å². The molecular weight excluding hydrogens is 400 g/mol. The van der Waals surface area contributed by atoms with Gasteiger partial charge in [0.25, 0.3) is 5.91 Å². The van der Waals surface area contributed by atoms with Crippen molar-refractivity contribution in [2.45, 2.75) is 59.7 Å². The van der Waals surface area contributed by atoms with Crippen LogP contribution in [0.2, 0.25) is 0 Å². The maximum absolute atomic E-state index is 12.9. The zero-order chi connectivity index (χ0) is 23.1. The van der Waals surface area contributed by atoms with Gasteiger partial charge < -0.3 is 14.8 Å². The lowest BCUT2D eigenvalue weighted by Crippen LogP contribution is -2.16. The normalized spacial score (nSPS) is 11.9. The molecule has 0 aliphatic rings. The summed E-state index contributed by atoms with van der Waals surface area (Å²) in [5.41, 5.74) is 3.85. The number of carbonyl (C=O) groups excluding carboxylic acids is 1. The number of ether oxygens (including phenoxy) is 2. The number of nitrogens with one attached hydrogen (secondary N) is 1. The summed E-state index contributed by atoms with van der Waals surface area (Å²) < 4.78 is 11.9. The molecule has 0 aliphatic heterocycles. The third-order valence-electron chi connectivity index (χ3n) is 5.06. The van der Waals surface area contributed by atoms with Crippen molar-refractivity contribution in [3.05, 3.63) is 83.2 Å². The van der Waals surface area contributed by atoms with Crippen molar-refractivity contribution >= 4 is 11.6 Å². The summed E-state index contributed by atoms with van der Waals surface area (Å²) in [6.07, 6.45) is 1.98. The number of aryl methyl sites for hydroxylation is 2. The van der Waals surface area contributed by atoms with Gasteiger partial charge in [-0.3, -0.25) is 9.78 Å². The number of nitrogens with zero attached hydrogens (tertiary/aromatic N) is 1. The average Bonchev–Trinajstić information content (AvgIpc) is 2.75. The number of carbonyl (C=O) groups is 1. The number of rotatable bonds is 9. The van der Waals surface area contributed by atoms with Crippen LogP contribution in [0.3, 0.4) is 0 Å². The van der Waals surface area contributed by atoms with Crippen LogP contribution in [0.25, 0.3) is 0 Å². The zero-order valence-electron chi connectivity index (χ0n) is 19.5. The maximum Gasteiger partial charge on any atom is 0.257 e. The van der Waals surface area contributed by atoms with E-state index in [-0.39, 0.29) is 18.1 Å². The van der Waals surface area contributed by atoms with Crippen LogP contribution in [0.1, 0.15) is 67.5 Å². The van der Waals surface area contributed by atoms with Gasteiger partial charge in [-0.1, -0.05) is 37.6 Å². The highest BCUT2D eigenvalue weighted by Gasteiger charge is 2.15. The molecule has 1 heterocycles. The number of anilines is 1. The van der Waals surface area contributed by atoms with Gasteiger partial charge in [-0.25, -0.2) is 0 Å². The summed E-state index contributed by atoms with van der Waals surface area (Å²) in [5.74, 6) is 1.31. The first-order valence-corrected chi connectivity index (χ1v) is 11.2. The summed E-state index contributed by atoms with van der Waals surface area (Å²) >= 11 is 0. The fraction of sp³-hybridized carbons (Fsp3) is 0.333. The molecule has 1 aromatic heterocycles. The molecule has 0 spiro atoms. The van der Waals surface area contributed by atoms with Gasteiger partial charge >= 0.3 is 0 Å². The Bertz CT molecular complexity index is 1060. The molecule has 5 nitrogen and oxygen atoms in total. The highest BCUT2D eigenvalue weighted by Crippen LogP contribution is 2.28. The Hall–Kier alpha value is -3.18. The van der Waals surface area contributed by atoms with E-state index >= 15 is 0 Å². The van der Waals surface area contributed by atoms with E-state index in [1.807, 2.05) is 76.2 Å². The Morgan fingerprint density at radius 1 is 1.03 bits per heavy atom. The number of aromatic nitrogens is 1. The van der Waals surface area contributed by atoms with Gasteiger partial charge in [-0.2, -0.15) is 0 Å². The van der Waals surface area contributed by atoms with E-state index < -0.39 is 0 Å². The zero-order valence-corrected chi connectivity index (χ0v) is 19.5. The second kappa shape index (κ2) is 10.9. The van der Waals surface area contributed by atoms with E-state index in [1.54, 1.807) is 6.07 Å². The van der Waals surface area contributed by atoms with Crippen molar-refractivity contribution < 1.29 is 14.3 Å². The number of hydrogen-bond donors (Lipinski definition) is 1. The predicted molar refractivity (Wildman–Crippen MR) is 129 cm³/mol. The van der Waals surface area contributed by atoms with E-state index in [4.69, 9.17) is 9.47 Å². The quantitative estimate of drug-likeness (QED) is 0.401. The van der Waals surface area contributed by atoms with Crippen molar-refractivity contribution in [1.82, 2.24) is 4.98 Å². The van der Waals surface area contributed by atoms with Crippen LogP contribution >= 0.6 is 0 Å². The van der Waals surface area contributed by atoms with E-state index in [1.165, 1.54) is 5.56 Å². The molecule has 3 rings (SSSR count). The van der Waals surface area contributed by atoms with Crippen LogP contribution < -0.4 is 10.1 Å². The Morgan fingerprint density at radius 3 is 2.53 bits per heavy atom. The molecule has 0 aliphatic carbocycles. The molecule has 1 amide bonds. The number of pyridine rings is 1. The largest absolute Gasteiger partial charge is 0.457 e.